The highest BCUT2D eigenvalue weighted by molar-refractivity contribution is 7.98. The number of carbonyl (C=O) groups is 1. The molecule has 0 spiro atoms. The van der Waals surface area contributed by atoms with Gasteiger partial charge in [-0.15, -0.1) is 11.8 Å². The van der Waals surface area contributed by atoms with Crippen LogP contribution in [-0.4, -0.2) is 11.6 Å². The molecule has 4 heteroatoms. The van der Waals surface area contributed by atoms with Crippen molar-refractivity contribution in [3.05, 3.63) is 24.3 Å². The minimum Gasteiger partial charge on any atom is -0.312 e. The lowest BCUT2D eigenvalue weighted by Crippen LogP contribution is -2.00. The summed E-state index contributed by atoms with van der Waals surface area (Å²) in [4.78, 5) is 11.6. The summed E-state index contributed by atoms with van der Waals surface area (Å²) in [6, 6.07) is 7.49. The molecule has 0 aliphatic heterocycles. The topological polar surface area (TPSA) is 29.1 Å². The summed E-state index contributed by atoms with van der Waals surface area (Å²) in [5, 5.41) is 1.93. The van der Waals surface area contributed by atoms with Crippen molar-refractivity contribution in [1.29, 1.82) is 0 Å². The first-order chi connectivity index (χ1) is 5.72. The molecule has 0 aromatic heterocycles. The Kier molecular flexibility index (Phi) is 3.44. The molecule has 0 fully saturated rings. The van der Waals surface area contributed by atoms with Gasteiger partial charge >= 0.3 is 5.37 Å². The summed E-state index contributed by atoms with van der Waals surface area (Å²) in [7, 11) is 0. The van der Waals surface area contributed by atoms with Gasteiger partial charge in [0.25, 0.3) is 0 Å². The average Bonchev–Trinajstić information content (AvgIpc) is 2.03. The summed E-state index contributed by atoms with van der Waals surface area (Å²) in [6.07, 6.45) is 1.97. The summed E-state index contributed by atoms with van der Waals surface area (Å²) in [5.74, 6) is 0. The minimum absolute atomic E-state index is 0.562. The van der Waals surface area contributed by atoms with Crippen molar-refractivity contribution >= 4 is 34.4 Å². The monoisotopic (exact) mass is 201 g/mol. The zero-order chi connectivity index (χ0) is 8.97. The molecule has 12 heavy (non-hydrogen) atoms. The van der Waals surface area contributed by atoms with E-state index < -0.39 is 5.37 Å². The maximum absolute atomic E-state index is 10.5. The predicted octanol–water partition coefficient (Wildman–Crippen LogP) is 3.18. The van der Waals surface area contributed by atoms with Gasteiger partial charge in [-0.1, -0.05) is 6.07 Å². The molecule has 0 saturated heterocycles. The van der Waals surface area contributed by atoms with E-state index in [1.165, 1.54) is 0 Å². The second kappa shape index (κ2) is 4.38. The van der Waals surface area contributed by atoms with Crippen LogP contribution >= 0.6 is 23.4 Å². The van der Waals surface area contributed by atoms with Crippen molar-refractivity contribution in [3.8, 4) is 0 Å². The Balaban J connectivity index is 2.79. The van der Waals surface area contributed by atoms with Crippen LogP contribution in [0.3, 0.4) is 0 Å². The van der Waals surface area contributed by atoms with E-state index in [0.717, 1.165) is 10.6 Å². The van der Waals surface area contributed by atoms with E-state index in [9.17, 15) is 4.79 Å². The Morgan fingerprint density at radius 3 is 2.92 bits per heavy atom. The smallest absolute Gasteiger partial charge is 0.312 e. The van der Waals surface area contributed by atoms with E-state index in [-0.39, 0.29) is 0 Å². The van der Waals surface area contributed by atoms with E-state index in [0.29, 0.717) is 0 Å². The van der Waals surface area contributed by atoms with Gasteiger partial charge < -0.3 is 5.32 Å². The van der Waals surface area contributed by atoms with Crippen LogP contribution in [0.5, 0.6) is 0 Å². The van der Waals surface area contributed by atoms with Crippen LogP contribution in [-0.2, 0) is 0 Å². The van der Waals surface area contributed by atoms with E-state index in [1.807, 2.05) is 24.5 Å². The van der Waals surface area contributed by atoms with Gasteiger partial charge in [-0.25, -0.2) is 0 Å². The second-order valence-electron chi connectivity index (χ2n) is 2.13. The molecule has 64 valence electrons. The number of anilines is 1. The molecule has 0 bridgehead atoms. The number of halogens is 1. The zero-order valence-corrected chi connectivity index (χ0v) is 8.08. The lowest BCUT2D eigenvalue weighted by atomic mass is 10.3. The Labute approximate surface area is 80.3 Å². The largest absolute Gasteiger partial charge is 0.318 e. The Morgan fingerprint density at radius 2 is 2.33 bits per heavy atom. The fraction of sp³-hybridized carbons (Fsp3) is 0.125. The molecule has 0 aliphatic carbocycles. The van der Waals surface area contributed by atoms with Crippen LogP contribution in [0.15, 0.2) is 29.2 Å². The van der Waals surface area contributed by atoms with Gasteiger partial charge in [0.1, 0.15) is 0 Å². The van der Waals surface area contributed by atoms with Crippen LogP contribution in [0.4, 0.5) is 10.5 Å². The summed E-state index contributed by atoms with van der Waals surface area (Å²) in [6.45, 7) is 0. The molecule has 0 heterocycles. The molecule has 0 aliphatic rings. The van der Waals surface area contributed by atoms with Crippen LogP contribution in [0.25, 0.3) is 0 Å². The summed E-state index contributed by atoms with van der Waals surface area (Å²) >= 11 is 6.77. The van der Waals surface area contributed by atoms with Crippen molar-refractivity contribution in [2.75, 3.05) is 11.6 Å². The molecule has 1 aromatic rings. The van der Waals surface area contributed by atoms with Crippen molar-refractivity contribution in [1.82, 2.24) is 0 Å². The summed E-state index contributed by atoms with van der Waals surface area (Å²) in [5.41, 5.74) is 0.724. The third-order valence-corrected chi connectivity index (χ3v) is 2.13. The zero-order valence-electron chi connectivity index (χ0n) is 6.50. The fourth-order valence-corrected chi connectivity index (χ4v) is 1.38. The molecule has 2 nitrogen and oxygen atoms in total. The number of amides is 1. The van der Waals surface area contributed by atoms with Crippen LogP contribution < -0.4 is 5.32 Å². The van der Waals surface area contributed by atoms with Gasteiger partial charge in [-0.3, -0.25) is 4.79 Å². The predicted molar refractivity (Wildman–Crippen MR) is 53.1 cm³/mol. The molecular weight excluding hydrogens is 194 g/mol. The third-order valence-electron chi connectivity index (χ3n) is 1.31. The highest BCUT2D eigenvalue weighted by Gasteiger charge is 1.97. The van der Waals surface area contributed by atoms with Crippen LogP contribution in [0, 0.1) is 0 Å². The van der Waals surface area contributed by atoms with E-state index in [4.69, 9.17) is 11.6 Å². The number of hydrogen-bond acceptors (Lipinski definition) is 2. The van der Waals surface area contributed by atoms with Crippen molar-refractivity contribution in [2.24, 2.45) is 0 Å². The highest BCUT2D eigenvalue weighted by Crippen LogP contribution is 2.18. The highest BCUT2D eigenvalue weighted by atomic mass is 35.5. The number of benzene rings is 1. The van der Waals surface area contributed by atoms with Crippen molar-refractivity contribution < 1.29 is 4.79 Å². The fourth-order valence-electron chi connectivity index (χ4n) is 0.814. The first-order valence-corrected chi connectivity index (χ1v) is 4.93. The number of hydrogen-bond donors (Lipinski definition) is 1. The standard InChI is InChI=1S/C8H8ClNOS/c1-12-7-4-2-3-6(5-7)10-8(9)11/h2-5H,1H3,(H,10,11). The quantitative estimate of drug-likeness (QED) is 0.453. The molecule has 0 saturated carbocycles. The van der Waals surface area contributed by atoms with Gasteiger partial charge in [0.05, 0.1) is 0 Å². The van der Waals surface area contributed by atoms with E-state index in [2.05, 4.69) is 5.32 Å². The maximum Gasteiger partial charge on any atom is 0.318 e. The van der Waals surface area contributed by atoms with Crippen molar-refractivity contribution in [2.45, 2.75) is 4.90 Å². The number of thioether (sulfide) groups is 1. The Hall–Kier alpha value is -0.670. The molecule has 1 aromatic carbocycles. The molecule has 1 N–H and O–H groups in total. The normalized spacial score (nSPS) is 9.50. The lowest BCUT2D eigenvalue weighted by Gasteiger charge is -2.01. The van der Waals surface area contributed by atoms with Crippen LogP contribution in [0.1, 0.15) is 0 Å². The number of rotatable bonds is 2. The van der Waals surface area contributed by atoms with Gasteiger partial charge in [-0.05, 0) is 36.1 Å². The molecular formula is C8H8ClNOS. The third kappa shape index (κ3) is 2.75. The molecule has 0 radical (unpaired) electrons. The first kappa shape index (κ1) is 9.42. The van der Waals surface area contributed by atoms with Gasteiger partial charge in [-0.2, -0.15) is 0 Å². The number of nitrogens with one attached hydrogen (secondary N) is 1. The summed E-state index contributed by atoms with van der Waals surface area (Å²) < 4.78 is 0. The van der Waals surface area contributed by atoms with Gasteiger partial charge in [0.15, 0.2) is 0 Å². The first-order valence-electron chi connectivity index (χ1n) is 3.33. The molecule has 1 rings (SSSR count). The molecule has 0 unspecified atom stereocenters. The minimum atomic E-state index is -0.562. The van der Waals surface area contributed by atoms with Crippen LogP contribution in [0.2, 0.25) is 0 Å². The van der Waals surface area contributed by atoms with Gasteiger partial charge in [0, 0.05) is 10.6 Å². The Morgan fingerprint density at radius 1 is 1.58 bits per heavy atom. The van der Waals surface area contributed by atoms with E-state index >= 15 is 0 Å². The lowest BCUT2D eigenvalue weighted by molar-refractivity contribution is 0.269. The second-order valence-corrected chi connectivity index (χ2v) is 3.35. The van der Waals surface area contributed by atoms with E-state index in [1.54, 1.807) is 17.8 Å². The Bertz CT molecular complexity index is 290. The van der Waals surface area contributed by atoms with Crippen molar-refractivity contribution in [3.63, 3.8) is 0 Å². The average molecular weight is 202 g/mol. The maximum atomic E-state index is 10.5. The SMILES string of the molecule is CSc1cccc(NC(=O)Cl)c1. The molecule has 1 amide bonds. The molecule has 0 atom stereocenters. The number of carbonyl (C=O) groups excluding carboxylic acids is 1. The van der Waals surface area contributed by atoms with Gasteiger partial charge in [0.2, 0.25) is 0 Å².